The van der Waals surface area contributed by atoms with Gasteiger partial charge in [0.05, 0.1) is 0 Å². The minimum absolute atomic E-state index is 0.251. The largest absolute Gasteiger partial charge is 0.440 e. The molecule has 8 heteroatoms. The van der Waals surface area contributed by atoms with Crippen LogP contribution in [0.1, 0.15) is 123 Å². The number of aryl methyl sites for hydroxylation is 1. The first kappa shape index (κ1) is 35.1. The van der Waals surface area contributed by atoms with Crippen LogP contribution in [0.3, 0.4) is 0 Å². The maximum Gasteiger partial charge on any atom is 0.412 e. The molecule has 1 aromatic carbocycles. The van der Waals surface area contributed by atoms with Crippen molar-refractivity contribution in [3.05, 3.63) is 29.8 Å². The normalized spacial score (nSPS) is 26.5. The maximum absolute atomic E-state index is 13.1. The van der Waals surface area contributed by atoms with Crippen molar-refractivity contribution in [3.8, 4) is 0 Å². The molecule has 1 amide bonds. The molecular formula is C36H60N2O6. The van der Waals surface area contributed by atoms with Crippen molar-refractivity contribution >= 4 is 11.8 Å². The molecule has 0 radical (unpaired) electrons. The number of piperidine rings is 1. The molecule has 0 bridgehead atoms. The fraction of sp³-hybridized carbons (Fsp3) is 0.806. The molecule has 0 aliphatic carbocycles. The third kappa shape index (κ3) is 11.0. The third-order valence-corrected chi connectivity index (χ3v) is 9.18. The number of amides is 1. The lowest BCUT2D eigenvalue weighted by Gasteiger charge is -2.29. The Morgan fingerprint density at radius 3 is 2.25 bits per heavy atom. The number of rotatable bonds is 19. The van der Waals surface area contributed by atoms with Gasteiger partial charge in [-0.2, -0.15) is 0 Å². The summed E-state index contributed by atoms with van der Waals surface area (Å²) in [4.78, 5) is 15.7. The van der Waals surface area contributed by atoms with Crippen molar-refractivity contribution in [3.63, 3.8) is 0 Å². The highest BCUT2D eigenvalue weighted by molar-refractivity contribution is 5.84. The lowest BCUT2D eigenvalue weighted by Crippen LogP contribution is -2.46. The van der Waals surface area contributed by atoms with E-state index in [2.05, 4.69) is 17.1 Å². The Morgan fingerprint density at radius 2 is 1.57 bits per heavy atom. The summed E-state index contributed by atoms with van der Waals surface area (Å²) in [5.41, 5.74) is 1.82. The van der Waals surface area contributed by atoms with Gasteiger partial charge in [0, 0.05) is 12.3 Å². The lowest BCUT2D eigenvalue weighted by molar-refractivity contribution is -0.278. The molecule has 0 spiro atoms. The molecule has 44 heavy (non-hydrogen) atoms. The summed E-state index contributed by atoms with van der Waals surface area (Å²) in [7, 11) is 0. The van der Waals surface area contributed by atoms with Crippen LogP contribution in [0, 0.1) is 6.92 Å². The van der Waals surface area contributed by atoms with Crippen molar-refractivity contribution in [2.45, 2.75) is 154 Å². The van der Waals surface area contributed by atoms with Crippen LogP contribution in [0.25, 0.3) is 0 Å². The Hall–Kier alpha value is -1.71. The molecule has 0 aromatic heterocycles. The number of carbonyl (C=O) groups is 1. The summed E-state index contributed by atoms with van der Waals surface area (Å²) >= 11 is 0. The van der Waals surface area contributed by atoms with E-state index in [1.807, 2.05) is 45.0 Å². The second-order valence-electron chi connectivity index (χ2n) is 13.6. The molecule has 1 aromatic rings. The van der Waals surface area contributed by atoms with Crippen LogP contribution in [0.15, 0.2) is 24.3 Å². The van der Waals surface area contributed by atoms with Crippen LogP contribution in [-0.4, -0.2) is 73.7 Å². The van der Waals surface area contributed by atoms with Crippen LogP contribution in [0.2, 0.25) is 0 Å². The second kappa shape index (κ2) is 17.8. The highest BCUT2D eigenvalue weighted by atomic mass is 16.9. The highest BCUT2D eigenvalue weighted by Crippen LogP contribution is 2.47. The summed E-state index contributed by atoms with van der Waals surface area (Å²) in [5.74, 6) is -1.98. The number of likely N-dealkylation sites (tertiary alicyclic amines) is 1. The molecule has 3 heterocycles. The molecule has 8 nitrogen and oxygen atoms in total. The van der Waals surface area contributed by atoms with E-state index in [0.717, 1.165) is 44.5 Å². The smallest absolute Gasteiger partial charge is 0.412 e. The first-order valence-electron chi connectivity index (χ1n) is 17.7. The van der Waals surface area contributed by atoms with Gasteiger partial charge in [0.2, 0.25) is 5.79 Å². The van der Waals surface area contributed by atoms with E-state index in [1.54, 1.807) is 0 Å². The van der Waals surface area contributed by atoms with Crippen LogP contribution in [0.5, 0.6) is 0 Å². The molecule has 250 valence electrons. The Kier molecular flexibility index (Phi) is 14.3. The number of hydrogen-bond donors (Lipinski definition) is 1. The predicted molar refractivity (Wildman–Crippen MR) is 175 cm³/mol. The molecule has 3 saturated heterocycles. The van der Waals surface area contributed by atoms with Gasteiger partial charge < -0.3 is 28.6 Å². The second-order valence-corrected chi connectivity index (χ2v) is 13.6. The first-order chi connectivity index (χ1) is 21.3. The van der Waals surface area contributed by atoms with E-state index in [-0.39, 0.29) is 12.7 Å². The van der Waals surface area contributed by atoms with Gasteiger partial charge in [-0.3, -0.25) is 5.32 Å². The van der Waals surface area contributed by atoms with Gasteiger partial charge in [-0.15, -0.1) is 0 Å². The van der Waals surface area contributed by atoms with E-state index in [9.17, 15) is 4.79 Å². The number of hydrogen-bond acceptors (Lipinski definition) is 7. The Balaban J connectivity index is 1.30. The van der Waals surface area contributed by atoms with Crippen LogP contribution >= 0.6 is 0 Å². The molecule has 4 rings (SSSR count). The fourth-order valence-electron chi connectivity index (χ4n) is 6.84. The summed E-state index contributed by atoms with van der Waals surface area (Å²) < 4.78 is 31.8. The number of fused-ring (bicyclic) bond motifs is 1. The highest BCUT2D eigenvalue weighted by Gasteiger charge is 2.66. The number of nitrogens with one attached hydrogen (secondary N) is 1. The van der Waals surface area contributed by atoms with Crippen molar-refractivity contribution < 1.29 is 28.5 Å². The van der Waals surface area contributed by atoms with Gasteiger partial charge >= 0.3 is 6.09 Å². The zero-order chi connectivity index (χ0) is 31.3. The van der Waals surface area contributed by atoms with Crippen molar-refractivity contribution in [2.75, 3.05) is 38.2 Å². The molecular weight excluding hydrogens is 556 g/mol. The van der Waals surface area contributed by atoms with Gasteiger partial charge in [-0.05, 0) is 84.6 Å². The Bertz CT molecular complexity index is 966. The number of ether oxygens (including phenoxy) is 5. The van der Waals surface area contributed by atoms with Gasteiger partial charge in [0.15, 0.2) is 18.0 Å². The molecule has 4 atom stereocenters. The topological polar surface area (TPSA) is 78.5 Å². The van der Waals surface area contributed by atoms with Gasteiger partial charge in [0.1, 0.15) is 12.7 Å². The standard InChI is InChI=1S/C36H60N2O6/c1-5-6-7-8-9-10-11-12-13-17-27-40-28-36-33(43-35(3,4)44-36)32(41-34(39)37-30-22-20-29(2)21-23-30)31(42-36)19-18-26-38-24-15-14-16-25-38/h20-23,31-33H,5-19,24-28H2,1-4H3,(H,37,39)/t31-,32+,33-,36-/m0/s1. The van der Waals surface area contributed by atoms with E-state index < -0.39 is 29.9 Å². The predicted octanol–water partition coefficient (Wildman–Crippen LogP) is 8.36. The summed E-state index contributed by atoms with van der Waals surface area (Å²) in [6.45, 7) is 12.3. The zero-order valence-electron chi connectivity index (χ0n) is 28.1. The number of anilines is 1. The van der Waals surface area contributed by atoms with E-state index >= 15 is 0 Å². The van der Waals surface area contributed by atoms with E-state index in [1.165, 1.54) is 77.0 Å². The van der Waals surface area contributed by atoms with Crippen LogP contribution in [-0.2, 0) is 23.7 Å². The van der Waals surface area contributed by atoms with Gasteiger partial charge in [-0.1, -0.05) is 88.8 Å². The van der Waals surface area contributed by atoms with E-state index in [0.29, 0.717) is 12.3 Å². The SMILES string of the molecule is CCCCCCCCCCCCOC[C@@]12O[C@@H](CCCN3CCCCC3)[C@@H](OC(=O)Nc3ccc(C)cc3)[C@@H]1OC(C)(C)O2. The quantitative estimate of drug-likeness (QED) is 0.157. The zero-order valence-corrected chi connectivity index (χ0v) is 28.1. The average molecular weight is 617 g/mol. The van der Waals surface area contributed by atoms with Crippen molar-refractivity contribution in [1.82, 2.24) is 4.90 Å². The number of nitrogens with zero attached hydrogens (tertiary/aromatic N) is 1. The van der Waals surface area contributed by atoms with E-state index in [4.69, 9.17) is 23.7 Å². The summed E-state index contributed by atoms with van der Waals surface area (Å²) in [6, 6.07) is 7.68. The maximum atomic E-state index is 13.1. The van der Waals surface area contributed by atoms with Gasteiger partial charge in [-0.25, -0.2) is 4.79 Å². The molecule has 3 fully saturated rings. The monoisotopic (exact) mass is 616 g/mol. The molecule has 3 aliphatic heterocycles. The molecule has 0 unspecified atom stereocenters. The lowest BCUT2D eigenvalue weighted by atomic mass is 10.0. The van der Waals surface area contributed by atoms with Gasteiger partial charge in [0.25, 0.3) is 0 Å². The minimum Gasteiger partial charge on any atom is -0.440 e. The van der Waals surface area contributed by atoms with Crippen LogP contribution in [0.4, 0.5) is 10.5 Å². The summed E-state index contributed by atoms with van der Waals surface area (Å²) in [5, 5.41) is 2.88. The number of carbonyl (C=O) groups excluding carboxylic acids is 1. The number of benzene rings is 1. The average Bonchev–Trinajstić information content (AvgIpc) is 3.41. The summed E-state index contributed by atoms with van der Waals surface area (Å²) in [6.07, 6.45) is 16.4. The number of unbranched alkanes of at least 4 members (excludes halogenated alkanes) is 9. The molecule has 3 aliphatic rings. The fourth-order valence-corrected chi connectivity index (χ4v) is 6.84. The molecule has 1 N–H and O–H groups in total. The van der Waals surface area contributed by atoms with Crippen molar-refractivity contribution in [1.29, 1.82) is 0 Å². The minimum atomic E-state index is -1.10. The first-order valence-corrected chi connectivity index (χ1v) is 17.7. The Morgan fingerprint density at radius 1 is 0.909 bits per heavy atom. The van der Waals surface area contributed by atoms with Crippen molar-refractivity contribution in [2.24, 2.45) is 0 Å². The molecule has 0 saturated carbocycles. The third-order valence-electron chi connectivity index (χ3n) is 9.18. The van der Waals surface area contributed by atoms with Crippen LogP contribution < -0.4 is 5.32 Å². The Labute approximate surface area is 266 Å².